The molecule has 4 aromatic rings. The summed E-state index contributed by atoms with van der Waals surface area (Å²) in [5.41, 5.74) is 4.54. The molecular weight excluding hydrogens is 390 g/mol. The molecule has 0 aliphatic rings. The fraction of sp³-hybridized carbons (Fsp3) is 0.120. The minimum Gasteiger partial charge on any atom is -0.443 e. The van der Waals surface area contributed by atoms with E-state index in [4.69, 9.17) is 4.74 Å². The first-order valence-corrected chi connectivity index (χ1v) is 9.86. The lowest BCUT2D eigenvalue weighted by atomic mass is 10.1. The summed E-state index contributed by atoms with van der Waals surface area (Å²) < 4.78 is 5.61. The Morgan fingerprint density at radius 3 is 2.23 bits per heavy atom. The van der Waals surface area contributed by atoms with Crippen LogP contribution in [0.25, 0.3) is 11.0 Å². The molecule has 154 valence electrons. The van der Waals surface area contributed by atoms with Crippen molar-refractivity contribution in [2.24, 2.45) is 0 Å². The number of aromatic nitrogens is 2. The normalized spacial score (nSPS) is 11.7. The fourth-order valence-corrected chi connectivity index (χ4v) is 3.38. The highest BCUT2D eigenvalue weighted by molar-refractivity contribution is 5.98. The van der Waals surface area contributed by atoms with Crippen molar-refractivity contribution in [1.29, 1.82) is 0 Å². The molecule has 0 spiro atoms. The Kier molecular flexibility index (Phi) is 5.71. The number of aryl methyl sites for hydroxylation is 2. The Morgan fingerprint density at radius 1 is 0.871 bits per heavy atom. The fourth-order valence-electron chi connectivity index (χ4n) is 3.38. The third-order valence-electron chi connectivity index (χ3n) is 4.71. The zero-order chi connectivity index (χ0) is 21.8. The Hall–Kier alpha value is -4.06. The smallest absolute Gasteiger partial charge is 0.359 e. The molecule has 0 aliphatic heterocycles. The van der Waals surface area contributed by atoms with Crippen LogP contribution in [-0.4, -0.2) is 21.8 Å². The standard InChI is InChI=1S/C25H21N3O3/c1-16-12-17(2)14-19(13-16)27-24(29)23(18-8-4-3-5-9-18)31-25(30)22-15-26-20-10-6-7-11-21(20)28-22/h3-15,23H,1-2H3,(H,27,29). The van der Waals surface area contributed by atoms with Crippen molar-refractivity contribution in [3.63, 3.8) is 0 Å². The number of hydrogen-bond donors (Lipinski definition) is 1. The molecule has 1 amide bonds. The maximum atomic E-state index is 13.1. The third kappa shape index (κ3) is 4.75. The first-order chi connectivity index (χ1) is 15.0. The molecule has 1 atom stereocenters. The molecule has 0 saturated heterocycles. The van der Waals surface area contributed by atoms with E-state index in [0.29, 0.717) is 22.3 Å². The average molecular weight is 411 g/mol. The molecule has 6 heteroatoms. The van der Waals surface area contributed by atoms with Gasteiger partial charge in [-0.15, -0.1) is 0 Å². The van der Waals surface area contributed by atoms with Gasteiger partial charge in [0.15, 0.2) is 5.69 Å². The summed E-state index contributed by atoms with van der Waals surface area (Å²) in [5, 5.41) is 2.86. The van der Waals surface area contributed by atoms with Gasteiger partial charge in [-0.2, -0.15) is 0 Å². The summed E-state index contributed by atoms with van der Waals surface area (Å²) in [6.07, 6.45) is 0.219. The van der Waals surface area contributed by atoms with Gasteiger partial charge in [-0.05, 0) is 49.2 Å². The van der Waals surface area contributed by atoms with E-state index in [1.54, 1.807) is 30.3 Å². The molecule has 6 nitrogen and oxygen atoms in total. The van der Waals surface area contributed by atoms with Crippen LogP contribution in [0.4, 0.5) is 5.69 Å². The van der Waals surface area contributed by atoms with Crippen LogP contribution in [0.3, 0.4) is 0 Å². The molecule has 0 bridgehead atoms. The number of esters is 1. The number of carbonyl (C=O) groups excluding carboxylic acids is 2. The zero-order valence-electron chi connectivity index (χ0n) is 17.2. The summed E-state index contributed by atoms with van der Waals surface area (Å²) >= 11 is 0. The van der Waals surface area contributed by atoms with E-state index in [1.165, 1.54) is 6.20 Å². The zero-order valence-corrected chi connectivity index (χ0v) is 17.2. The molecule has 0 aliphatic carbocycles. The monoisotopic (exact) mass is 411 g/mol. The number of nitrogens with zero attached hydrogens (tertiary/aromatic N) is 2. The lowest BCUT2D eigenvalue weighted by molar-refractivity contribution is -0.125. The Morgan fingerprint density at radius 2 is 1.52 bits per heavy atom. The number of carbonyl (C=O) groups is 2. The Balaban J connectivity index is 1.61. The van der Waals surface area contributed by atoms with E-state index in [1.807, 2.05) is 56.3 Å². The van der Waals surface area contributed by atoms with Crippen molar-refractivity contribution in [1.82, 2.24) is 9.97 Å². The Labute approximate surface area is 179 Å². The van der Waals surface area contributed by atoms with Crippen LogP contribution in [0.2, 0.25) is 0 Å². The molecule has 31 heavy (non-hydrogen) atoms. The van der Waals surface area contributed by atoms with Crippen LogP contribution in [0, 0.1) is 13.8 Å². The van der Waals surface area contributed by atoms with Gasteiger partial charge in [-0.25, -0.2) is 9.78 Å². The summed E-state index contributed by atoms with van der Waals surface area (Å²) in [6, 6.07) is 21.9. The van der Waals surface area contributed by atoms with E-state index in [-0.39, 0.29) is 5.69 Å². The summed E-state index contributed by atoms with van der Waals surface area (Å²) in [4.78, 5) is 34.5. The molecule has 4 rings (SSSR count). The molecular formula is C25H21N3O3. The van der Waals surface area contributed by atoms with E-state index in [0.717, 1.165) is 11.1 Å². The van der Waals surface area contributed by atoms with E-state index in [9.17, 15) is 9.59 Å². The minimum atomic E-state index is -1.14. The van der Waals surface area contributed by atoms with Crippen LogP contribution < -0.4 is 5.32 Å². The molecule has 1 heterocycles. The summed E-state index contributed by atoms with van der Waals surface area (Å²) in [7, 11) is 0. The average Bonchev–Trinajstić information content (AvgIpc) is 2.76. The minimum absolute atomic E-state index is 0.0406. The number of anilines is 1. The summed E-state index contributed by atoms with van der Waals surface area (Å²) in [6.45, 7) is 3.91. The van der Waals surface area contributed by atoms with Gasteiger partial charge in [-0.1, -0.05) is 48.5 Å². The number of ether oxygens (including phenoxy) is 1. The van der Waals surface area contributed by atoms with Crippen molar-refractivity contribution in [3.05, 3.63) is 101 Å². The molecule has 1 N–H and O–H groups in total. The predicted octanol–water partition coefficient (Wildman–Crippen LogP) is 4.78. The van der Waals surface area contributed by atoms with Crippen molar-refractivity contribution >= 4 is 28.6 Å². The maximum absolute atomic E-state index is 13.1. The van der Waals surface area contributed by atoms with Gasteiger partial charge >= 0.3 is 5.97 Å². The molecule has 1 aromatic heterocycles. The molecule has 0 radical (unpaired) electrons. The third-order valence-corrected chi connectivity index (χ3v) is 4.71. The van der Waals surface area contributed by atoms with Gasteiger partial charge in [0, 0.05) is 11.3 Å². The SMILES string of the molecule is Cc1cc(C)cc(NC(=O)C(OC(=O)c2cnc3ccccc3n2)c2ccccc2)c1. The lowest BCUT2D eigenvalue weighted by Gasteiger charge is -2.18. The van der Waals surface area contributed by atoms with Gasteiger partial charge in [0.25, 0.3) is 5.91 Å². The Bertz CT molecular complexity index is 1240. The quantitative estimate of drug-likeness (QED) is 0.478. The number of benzene rings is 3. The number of fused-ring (bicyclic) bond motifs is 1. The number of para-hydroxylation sites is 2. The van der Waals surface area contributed by atoms with Crippen molar-refractivity contribution < 1.29 is 14.3 Å². The van der Waals surface area contributed by atoms with Crippen LogP contribution in [-0.2, 0) is 9.53 Å². The molecule has 0 fully saturated rings. The van der Waals surface area contributed by atoms with E-state index in [2.05, 4.69) is 15.3 Å². The highest BCUT2D eigenvalue weighted by Crippen LogP contribution is 2.23. The van der Waals surface area contributed by atoms with Gasteiger partial charge in [0.05, 0.1) is 17.2 Å². The number of hydrogen-bond acceptors (Lipinski definition) is 5. The van der Waals surface area contributed by atoms with Crippen LogP contribution in [0.5, 0.6) is 0 Å². The summed E-state index contributed by atoms with van der Waals surface area (Å²) in [5.74, 6) is -1.17. The van der Waals surface area contributed by atoms with Crippen molar-refractivity contribution in [3.8, 4) is 0 Å². The van der Waals surface area contributed by atoms with Crippen LogP contribution in [0.15, 0.2) is 79.0 Å². The first-order valence-electron chi connectivity index (χ1n) is 9.86. The highest BCUT2D eigenvalue weighted by atomic mass is 16.5. The molecule has 0 saturated carbocycles. The number of nitrogens with one attached hydrogen (secondary N) is 1. The van der Waals surface area contributed by atoms with Crippen molar-refractivity contribution in [2.75, 3.05) is 5.32 Å². The topological polar surface area (TPSA) is 81.2 Å². The second-order valence-electron chi connectivity index (χ2n) is 7.31. The van der Waals surface area contributed by atoms with E-state index >= 15 is 0 Å². The van der Waals surface area contributed by atoms with Crippen LogP contribution >= 0.6 is 0 Å². The van der Waals surface area contributed by atoms with E-state index < -0.39 is 18.0 Å². The van der Waals surface area contributed by atoms with Gasteiger partial charge in [0.1, 0.15) is 0 Å². The van der Waals surface area contributed by atoms with Gasteiger partial charge in [-0.3, -0.25) is 9.78 Å². The van der Waals surface area contributed by atoms with Crippen molar-refractivity contribution in [2.45, 2.75) is 20.0 Å². The highest BCUT2D eigenvalue weighted by Gasteiger charge is 2.26. The lowest BCUT2D eigenvalue weighted by Crippen LogP contribution is -2.26. The number of amides is 1. The maximum Gasteiger partial charge on any atom is 0.359 e. The number of rotatable bonds is 5. The second-order valence-corrected chi connectivity index (χ2v) is 7.31. The first kappa shape index (κ1) is 20.2. The largest absolute Gasteiger partial charge is 0.443 e. The van der Waals surface area contributed by atoms with Crippen LogP contribution in [0.1, 0.15) is 33.3 Å². The van der Waals surface area contributed by atoms with Gasteiger partial charge in [0.2, 0.25) is 6.10 Å². The molecule has 3 aromatic carbocycles. The predicted molar refractivity (Wildman–Crippen MR) is 119 cm³/mol. The molecule has 1 unspecified atom stereocenters. The van der Waals surface area contributed by atoms with Gasteiger partial charge < -0.3 is 10.1 Å². The second kappa shape index (κ2) is 8.75.